The monoisotopic (exact) mass is 504 g/mol. The first-order valence-electron chi connectivity index (χ1n) is 11.8. The molecule has 0 saturated carbocycles. The zero-order chi connectivity index (χ0) is 25.4. The molecule has 2 aromatic rings. The van der Waals surface area contributed by atoms with Crippen LogP contribution in [-0.2, 0) is 6.42 Å². The summed E-state index contributed by atoms with van der Waals surface area (Å²) in [5, 5.41) is 21.0. The number of hydrogen-bond acceptors (Lipinski definition) is 9. The molecule has 190 valence electrons. The average molecular weight is 505 g/mol. The summed E-state index contributed by atoms with van der Waals surface area (Å²) in [5.74, 6) is 1.02. The Hall–Kier alpha value is -2.95. The number of carbonyl (C=O) groups excluding carboxylic acids is 1. The number of nitrogens with one attached hydrogen (secondary N) is 1. The molecule has 7 N–H and O–H groups in total. The lowest BCUT2D eigenvalue weighted by molar-refractivity contribution is 0.0536. The first kappa shape index (κ1) is 26.7. The van der Waals surface area contributed by atoms with Crippen molar-refractivity contribution < 1.29 is 19.7 Å². The van der Waals surface area contributed by atoms with Crippen LogP contribution in [0.15, 0.2) is 29.3 Å². The summed E-state index contributed by atoms with van der Waals surface area (Å²) in [6.07, 6.45) is 4.61. The quantitative estimate of drug-likeness (QED) is 0.310. The number of nitrogen functional groups attached to an aromatic ring is 2. The van der Waals surface area contributed by atoms with Gasteiger partial charge in [0.1, 0.15) is 24.3 Å². The molecule has 0 saturated heterocycles. The number of aliphatic imine (C=N–C) groups is 1. The zero-order valence-corrected chi connectivity index (χ0v) is 20.5. The third-order valence-electron chi connectivity index (χ3n) is 5.90. The summed E-state index contributed by atoms with van der Waals surface area (Å²) in [6, 6.07) is 7.89. The molecular formula is C24H33ClN6O4. The van der Waals surface area contributed by atoms with Crippen molar-refractivity contribution in [2.45, 2.75) is 57.6 Å². The van der Waals surface area contributed by atoms with Crippen LogP contribution in [0.1, 0.15) is 55.1 Å². The summed E-state index contributed by atoms with van der Waals surface area (Å²) < 4.78 is 5.45. The van der Waals surface area contributed by atoms with E-state index in [0.717, 1.165) is 32.1 Å². The van der Waals surface area contributed by atoms with E-state index in [1.807, 2.05) is 24.3 Å². The third-order valence-corrected chi connectivity index (χ3v) is 6.18. The Balaban J connectivity index is 1.51. The maximum Gasteiger partial charge on any atom is 0.279 e. The zero-order valence-electron chi connectivity index (χ0n) is 19.8. The van der Waals surface area contributed by atoms with Gasteiger partial charge in [-0.1, -0.05) is 37.1 Å². The van der Waals surface area contributed by atoms with Crippen molar-refractivity contribution in [2.75, 3.05) is 24.7 Å². The first-order valence-corrected chi connectivity index (χ1v) is 12.2. The van der Waals surface area contributed by atoms with Gasteiger partial charge in [-0.3, -0.25) is 9.79 Å². The Morgan fingerprint density at radius 1 is 1.23 bits per heavy atom. The highest BCUT2D eigenvalue weighted by molar-refractivity contribution is 6.31. The number of carbonyl (C=O) groups is 1. The largest absolute Gasteiger partial charge is 0.491 e. The van der Waals surface area contributed by atoms with E-state index >= 15 is 0 Å². The van der Waals surface area contributed by atoms with E-state index in [1.54, 1.807) is 0 Å². The highest BCUT2D eigenvalue weighted by atomic mass is 35.5. The molecule has 35 heavy (non-hydrogen) atoms. The third kappa shape index (κ3) is 7.51. The number of hydrogen-bond donors (Lipinski definition) is 5. The van der Waals surface area contributed by atoms with E-state index in [0.29, 0.717) is 23.9 Å². The number of amidine groups is 1. The number of rotatable bonds is 11. The van der Waals surface area contributed by atoms with Gasteiger partial charge in [-0.15, -0.1) is 0 Å². The normalized spacial score (nSPS) is 18.2. The van der Waals surface area contributed by atoms with Gasteiger partial charge in [0.2, 0.25) is 0 Å². The number of halogens is 1. The fourth-order valence-corrected chi connectivity index (χ4v) is 4.21. The summed E-state index contributed by atoms with van der Waals surface area (Å²) in [7, 11) is 0. The van der Waals surface area contributed by atoms with Crippen LogP contribution in [0.5, 0.6) is 5.75 Å². The van der Waals surface area contributed by atoms with Crippen LogP contribution < -0.4 is 21.5 Å². The van der Waals surface area contributed by atoms with Crippen molar-refractivity contribution in [2.24, 2.45) is 10.9 Å². The molecular weight excluding hydrogens is 472 g/mol. The van der Waals surface area contributed by atoms with E-state index < -0.39 is 12.0 Å². The number of aryl methyl sites for hydroxylation is 1. The molecule has 1 amide bonds. The number of aromatic nitrogens is 2. The Kier molecular flexibility index (Phi) is 9.64. The summed E-state index contributed by atoms with van der Waals surface area (Å²) in [6.45, 7) is 1.85. The molecule has 10 nitrogen and oxygen atoms in total. The number of amides is 1. The van der Waals surface area contributed by atoms with Crippen LogP contribution in [-0.4, -0.2) is 57.3 Å². The summed E-state index contributed by atoms with van der Waals surface area (Å²) in [4.78, 5) is 25.2. The van der Waals surface area contributed by atoms with Crippen molar-refractivity contribution >= 4 is 35.0 Å². The number of ether oxygens (including phenoxy) is 1. The van der Waals surface area contributed by atoms with Crippen molar-refractivity contribution in [1.29, 1.82) is 0 Å². The maximum absolute atomic E-state index is 12.7. The molecule has 1 aliphatic heterocycles. The standard InChI is InChI=1S/C24H33ClN6O4/c1-2-4-18-15(6-3-5-14-7-9-17(10-8-14)35-13-16(33)12-32)11-19(28-18)29-24(34)20-22(26)31-23(27)21(25)30-20/h7-10,15-16,18,32-33H,2-6,11-13H2,1H3,(H4,26,27,31)(H,28,29,34). The van der Waals surface area contributed by atoms with Crippen LogP contribution in [0.2, 0.25) is 5.15 Å². The summed E-state index contributed by atoms with van der Waals surface area (Å²) in [5.41, 5.74) is 12.5. The SMILES string of the molecule is CCCC1N=C(NC(=O)c2nc(Cl)c(N)nc2N)CC1CCCc1ccc(OCC(O)CO)cc1. The molecule has 0 aliphatic carbocycles. The Morgan fingerprint density at radius 2 is 1.97 bits per heavy atom. The molecule has 1 aliphatic rings. The fourth-order valence-electron chi connectivity index (χ4n) is 4.08. The number of nitrogens with two attached hydrogens (primary N) is 2. The molecule has 1 aromatic carbocycles. The number of nitrogens with zero attached hydrogens (tertiary/aromatic N) is 3. The molecule has 0 radical (unpaired) electrons. The smallest absolute Gasteiger partial charge is 0.279 e. The summed E-state index contributed by atoms with van der Waals surface area (Å²) >= 11 is 5.89. The van der Waals surface area contributed by atoms with Gasteiger partial charge in [0, 0.05) is 6.42 Å². The molecule has 2 heterocycles. The molecule has 3 unspecified atom stereocenters. The van der Waals surface area contributed by atoms with Gasteiger partial charge < -0.3 is 31.7 Å². The minimum atomic E-state index is -0.886. The molecule has 3 rings (SSSR count). The van der Waals surface area contributed by atoms with Crippen LogP contribution in [0.3, 0.4) is 0 Å². The Bertz CT molecular complexity index is 1030. The minimum absolute atomic E-state index is 0.0235. The molecule has 1 aromatic heterocycles. The van der Waals surface area contributed by atoms with Gasteiger partial charge in [0.15, 0.2) is 22.5 Å². The average Bonchev–Trinajstić information content (AvgIpc) is 3.21. The lowest BCUT2D eigenvalue weighted by atomic mass is 9.90. The van der Waals surface area contributed by atoms with Gasteiger partial charge in [-0.2, -0.15) is 0 Å². The fraction of sp³-hybridized carbons (Fsp3) is 0.500. The topological polar surface area (TPSA) is 169 Å². The molecule has 3 atom stereocenters. The van der Waals surface area contributed by atoms with Gasteiger partial charge in [0.25, 0.3) is 5.91 Å². The van der Waals surface area contributed by atoms with Gasteiger partial charge in [-0.05, 0) is 49.3 Å². The van der Waals surface area contributed by atoms with Crippen molar-refractivity contribution in [1.82, 2.24) is 15.3 Å². The lowest BCUT2D eigenvalue weighted by Crippen LogP contribution is -2.31. The van der Waals surface area contributed by atoms with Gasteiger partial charge >= 0.3 is 0 Å². The van der Waals surface area contributed by atoms with Crippen LogP contribution >= 0.6 is 11.6 Å². The first-order chi connectivity index (χ1) is 16.8. The second kappa shape index (κ2) is 12.7. The van der Waals surface area contributed by atoms with Crippen molar-refractivity contribution in [3.05, 3.63) is 40.7 Å². The molecule has 11 heteroatoms. The van der Waals surface area contributed by atoms with E-state index in [4.69, 9.17) is 37.9 Å². The minimum Gasteiger partial charge on any atom is -0.491 e. The predicted molar refractivity (Wildman–Crippen MR) is 136 cm³/mol. The van der Waals surface area contributed by atoms with Crippen LogP contribution in [0, 0.1) is 5.92 Å². The van der Waals surface area contributed by atoms with E-state index in [1.165, 1.54) is 5.56 Å². The highest BCUT2D eigenvalue weighted by Crippen LogP contribution is 2.29. The van der Waals surface area contributed by atoms with E-state index in [-0.39, 0.29) is 41.7 Å². The number of aliphatic hydroxyl groups is 2. The Labute approximate surface area is 209 Å². The Morgan fingerprint density at radius 3 is 2.66 bits per heavy atom. The molecule has 0 spiro atoms. The molecule has 0 fully saturated rings. The van der Waals surface area contributed by atoms with Crippen LogP contribution in [0.25, 0.3) is 0 Å². The van der Waals surface area contributed by atoms with Crippen molar-refractivity contribution in [3.63, 3.8) is 0 Å². The lowest BCUT2D eigenvalue weighted by Gasteiger charge is -2.17. The number of benzene rings is 1. The predicted octanol–water partition coefficient (Wildman–Crippen LogP) is 2.37. The molecule has 0 bridgehead atoms. The number of aliphatic hydroxyl groups excluding tert-OH is 2. The van der Waals surface area contributed by atoms with Crippen molar-refractivity contribution in [3.8, 4) is 5.75 Å². The highest BCUT2D eigenvalue weighted by Gasteiger charge is 2.30. The van der Waals surface area contributed by atoms with Crippen LogP contribution in [0.4, 0.5) is 11.6 Å². The van der Waals surface area contributed by atoms with Gasteiger partial charge in [-0.25, -0.2) is 9.97 Å². The second-order valence-electron chi connectivity index (χ2n) is 8.67. The number of anilines is 2. The maximum atomic E-state index is 12.7. The second-order valence-corrected chi connectivity index (χ2v) is 9.03. The van der Waals surface area contributed by atoms with E-state index in [2.05, 4.69) is 22.2 Å². The van der Waals surface area contributed by atoms with E-state index in [9.17, 15) is 9.90 Å². The van der Waals surface area contributed by atoms with Gasteiger partial charge in [0.05, 0.1) is 12.6 Å².